The number of guanidine groups is 1. The average Bonchev–Trinajstić information content (AvgIpc) is 3.16. The van der Waals surface area contributed by atoms with Crippen LogP contribution in [0.2, 0.25) is 0 Å². The fourth-order valence-corrected chi connectivity index (χ4v) is 3.34. The first-order valence-corrected chi connectivity index (χ1v) is 9.57. The summed E-state index contributed by atoms with van der Waals surface area (Å²) in [6.07, 6.45) is 3.85. The Kier molecular flexibility index (Phi) is 7.27. The van der Waals surface area contributed by atoms with Crippen molar-refractivity contribution >= 4 is 5.96 Å². The Bertz CT molecular complexity index is 752. The van der Waals surface area contributed by atoms with Gasteiger partial charge in [-0.15, -0.1) is 0 Å². The molecule has 0 spiro atoms. The number of morpholine rings is 1. The van der Waals surface area contributed by atoms with Crippen molar-refractivity contribution in [1.29, 1.82) is 0 Å². The van der Waals surface area contributed by atoms with Gasteiger partial charge in [0.2, 0.25) is 0 Å². The van der Waals surface area contributed by atoms with Gasteiger partial charge in [0.05, 0.1) is 32.6 Å². The normalized spacial score (nSPS) is 16.6. The van der Waals surface area contributed by atoms with Gasteiger partial charge in [0.15, 0.2) is 5.96 Å². The topological polar surface area (TPSA) is 75.9 Å². The Morgan fingerprint density at radius 1 is 1.25 bits per heavy atom. The Morgan fingerprint density at radius 2 is 2.00 bits per heavy atom. The van der Waals surface area contributed by atoms with Crippen LogP contribution in [0.1, 0.15) is 17.2 Å². The highest BCUT2D eigenvalue weighted by Crippen LogP contribution is 2.23. The Labute approximate surface area is 166 Å². The van der Waals surface area contributed by atoms with Crippen molar-refractivity contribution in [2.45, 2.75) is 12.6 Å². The monoisotopic (exact) mass is 386 g/mol. The summed E-state index contributed by atoms with van der Waals surface area (Å²) in [5.74, 6) is 1.64. The quantitative estimate of drug-likeness (QED) is 0.550. The van der Waals surface area contributed by atoms with Crippen molar-refractivity contribution in [3.05, 3.63) is 47.8 Å². The lowest BCUT2D eigenvalue weighted by Gasteiger charge is -2.35. The standard InChI is InChI=1S/C20H30N6O2/c1-21-20(22-12-16-13-24-25(2)15-16)23-14-19(26-8-10-28-11-9-26)17-4-6-18(27-3)7-5-17/h4-7,13,15,19H,8-12,14H2,1-3H3,(H2,21,22,23). The van der Waals surface area contributed by atoms with Crippen LogP contribution in [0, 0.1) is 0 Å². The van der Waals surface area contributed by atoms with E-state index in [2.05, 4.69) is 37.8 Å². The second-order valence-corrected chi connectivity index (χ2v) is 6.77. The third-order valence-corrected chi connectivity index (χ3v) is 4.89. The molecule has 0 bridgehead atoms. The van der Waals surface area contributed by atoms with E-state index in [1.54, 1.807) is 18.8 Å². The molecule has 1 aromatic carbocycles. The summed E-state index contributed by atoms with van der Waals surface area (Å²) in [7, 11) is 5.39. The fourth-order valence-electron chi connectivity index (χ4n) is 3.34. The number of benzene rings is 1. The maximum absolute atomic E-state index is 5.53. The van der Waals surface area contributed by atoms with Gasteiger partial charge in [-0.25, -0.2) is 0 Å². The lowest BCUT2D eigenvalue weighted by Crippen LogP contribution is -2.46. The number of nitrogens with one attached hydrogen (secondary N) is 2. The van der Waals surface area contributed by atoms with E-state index in [0.29, 0.717) is 6.54 Å². The first-order chi connectivity index (χ1) is 13.7. The van der Waals surface area contributed by atoms with Gasteiger partial charge < -0.3 is 20.1 Å². The second kappa shape index (κ2) is 10.1. The zero-order valence-corrected chi connectivity index (χ0v) is 16.9. The molecular formula is C20H30N6O2. The molecule has 2 heterocycles. The molecule has 0 amide bonds. The average molecular weight is 387 g/mol. The highest BCUT2D eigenvalue weighted by Gasteiger charge is 2.23. The predicted octanol–water partition coefficient (Wildman–Crippen LogP) is 1.17. The van der Waals surface area contributed by atoms with E-state index >= 15 is 0 Å². The van der Waals surface area contributed by atoms with E-state index in [4.69, 9.17) is 9.47 Å². The zero-order valence-electron chi connectivity index (χ0n) is 16.9. The largest absolute Gasteiger partial charge is 0.497 e. The number of aromatic nitrogens is 2. The zero-order chi connectivity index (χ0) is 19.8. The number of hydrogen-bond donors (Lipinski definition) is 2. The molecule has 0 aliphatic carbocycles. The molecule has 0 radical (unpaired) electrons. The third-order valence-electron chi connectivity index (χ3n) is 4.89. The van der Waals surface area contributed by atoms with E-state index < -0.39 is 0 Å². The predicted molar refractivity (Wildman–Crippen MR) is 110 cm³/mol. The van der Waals surface area contributed by atoms with Crippen molar-refractivity contribution in [1.82, 2.24) is 25.3 Å². The first-order valence-electron chi connectivity index (χ1n) is 9.57. The molecule has 8 nitrogen and oxygen atoms in total. The number of methoxy groups -OCH3 is 1. The number of ether oxygens (including phenoxy) is 2. The Balaban J connectivity index is 1.63. The van der Waals surface area contributed by atoms with Crippen LogP contribution in [-0.2, 0) is 18.3 Å². The molecule has 3 rings (SSSR count). The molecule has 1 atom stereocenters. The minimum atomic E-state index is 0.228. The van der Waals surface area contributed by atoms with Crippen LogP contribution >= 0.6 is 0 Å². The molecular weight excluding hydrogens is 356 g/mol. The van der Waals surface area contributed by atoms with E-state index in [9.17, 15) is 0 Å². The maximum Gasteiger partial charge on any atom is 0.191 e. The highest BCUT2D eigenvalue weighted by atomic mass is 16.5. The van der Waals surface area contributed by atoms with E-state index in [-0.39, 0.29) is 6.04 Å². The van der Waals surface area contributed by atoms with Crippen LogP contribution in [0.5, 0.6) is 5.75 Å². The summed E-state index contributed by atoms with van der Waals surface area (Å²) in [5, 5.41) is 11.0. The fraction of sp³-hybridized carbons (Fsp3) is 0.500. The Morgan fingerprint density at radius 3 is 2.61 bits per heavy atom. The van der Waals surface area contributed by atoms with Crippen molar-refractivity contribution in [3.8, 4) is 5.75 Å². The van der Waals surface area contributed by atoms with Crippen molar-refractivity contribution in [3.63, 3.8) is 0 Å². The Hall–Kier alpha value is -2.58. The van der Waals surface area contributed by atoms with Gasteiger partial charge in [0, 0.05) is 52.0 Å². The van der Waals surface area contributed by atoms with Gasteiger partial charge in [-0.2, -0.15) is 5.10 Å². The number of rotatable bonds is 7. The van der Waals surface area contributed by atoms with Gasteiger partial charge in [-0.05, 0) is 17.7 Å². The first kappa shape index (κ1) is 20.2. The molecule has 1 fully saturated rings. The molecule has 8 heteroatoms. The van der Waals surface area contributed by atoms with Crippen LogP contribution in [-0.4, -0.2) is 67.6 Å². The lowest BCUT2D eigenvalue weighted by molar-refractivity contribution is 0.0170. The van der Waals surface area contributed by atoms with Crippen LogP contribution in [0.25, 0.3) is 0 Å². The summed E-state index contributed by atoms with van der Waals surface area (Å²) >= 11 is 0. The van der Waals surface area contributed by atoms with Crippen molar-refractivity contribution < 1.29 is 9.47 Å². The summed E-state index contributed by atoms with van der Waals surface area (Å²) < 4.78 is 12.6. The minimum Gasteiger partial charge on any atom is -0.497 e. The van der Waals surface area contributed by atoms with Gasteiger partial charge in [0.1, 0.15) is 5.75 Å². The van der Waals surface area contributed by atoms with E-state index in [0.717, 1.165) is 50.1 Å². The summed E-state index contributed by atoms with van der Waals surface area (Å²) in [6.45, 7) is 4.79. The molecule has 1 aromatic heterocycles. The number of nitrogens with zero attached hydrogens (tertiary/aromatic N) is 4. The molecule has 2 aromatic rings. The number of aryl methyl sites for hydroxylation is 1. The molecule has 152 valence electrons. The molecule has 1 saturated heterocycles. The molecule has 1 unspecified atom stereocenters. The molecule has 1 aliphatic heterocycles. The van der Waals surface area contributed by atoms with Gasteiger partial charge in [-0.1, -0.05) is 12.1 Å². The second-order valence-electron chi connectivity index (χ2n) is 6.77. The summed E-state index contributed by atoms with van der Waals surface area (Å²) in [5.41, 5.74) is 2.36. The SMILES string of the molecule is CN=C(NCc1cnn(C)c1)NCC(c1ccc(OC)cc1)N1CCOCC1. The number of hydrogen-bond acceptors (Lipinski definition) is 5. The third kappa shape index (κ3) is 5.46. The maximum atomic E-state index is 5.53. The van der Waals surface area contributed by atoms with Gasteiger partial charge >= 0.3 is 0 Å². The van der Waals surface area contributed by atoms with Gasteiger partial charge in [-0.3, -0.25) is 14.6 Å². The lowest BCUT2D eigenvalue weighted by atomic mass is 10.0. The van der Waals surface area contributed by atoms with E-state index in [1.807, 2.05) is 31.6 Å². The molecule has 1 aliphatic rings. The van der Waals surface area contributed by atoms with Crippen molar-refractivity contribution in [2.24, 2.45) is 12.0 Å². The van der Waals surface area contributed by atoms with Gasteiger partial charge in [0.25, 0.3) is 0 Å². The van der Waals surface area contributed by atoms with Crippen LogP contribution in [0.15, 0.2) is 41.7 Å². The van der Waals surface area contributed by atoms with Crippen molar-refractivity contribution in [2.75, 3.05) is 47.0 Å². The minimum absolute atomic E-state index is 0.228. The molecule has 0 saturated carbocycles. The molecule has 28 heavy (non-hydrogen) atoms. The highest BCUT2D eigenvalue weighted by molar-refractivity contribution is 5.79. The molecule has 2 N–H and O–H groups in total. The van der Waals surface area contributed by atoms with Crippen LogP contribution < -0.4 is 15.4 Å². The summed E-state index contributed by atoms with van der Waals surface area (Å²) in [6, 6.07) is 8.52. The van der Waals surface area contributed by atoms with Crippen LogP contribution in [0.3, 0.4) is 0 Å². The number of aliphatic imine (C=N–C) groups is 1. The van der Waals surface area contributed by atoms with Crippen LogP contribution in [0.4, 0.5) is 0 Å². The van der Waals surface area contributed by atoms with E-state index in [1.165, 1.54) is 5.56 Å². The smallest absolute Gasteiger partial charge is 0.191 e. The summed E-state index contributed by atoms with van der Waals surface area (Å²) in [4.78, 5) is 6.80.